The fourth-order valence-electron chi connectivity index (χ4n) is 4.10. The van der Waals surface area contributed by atoms with E-state index in [4.69, 9.17) is 16.6 Å². The summed E-state index contributed by atoms with van der Waals surface area (Å²) < 4.78 is 16.3. The second kappa shape index (κ2) is 8.09. The van der Waals surface area contributed by atoms with Gasteiger partial charge in [-0.15, -0.1) is 0 Å². The maximum absolute atomic E-state index is 14.1. The molecule has 1 fully saturated rings. The summed E-state index contributed by atoms with van der Waals surface area (Å²) in [6.07, 6.45) is 2.06. The van der Waals surface area contributed by atoms with Gasteiger partial charge in [0, 0.05) is 49.5 Å². The molecule has 0 bridgehead atoms. The van der Waals surface area contributed by atoms with Gasteiger partial charge < -0.3 is 9.30 Å². The quantitative estimate of drug-likeness (QED) is 0.458. The zero-order chi connectivity index (χ0) is 20.5. The van der Waals surface area contributed by atoms with Crippen molar-refractivity contribution < 1.29 is 4.39 Å². The molecule has 0 aliphatic carbocycles. The number of hydrogen-bond acceptors (Lipinski definition) is 3. The van der Waals surface area contributed by atoms with Crippen LogP contribution in [0, 0.1) is 5.82 Å². The van der Waals surface area contributed by atoms with E-state index in [0.717, 1.165) is 55.3 Å². The number of anilines is 1. The zero-order valence-electron chi connectivity index (χ0n) is 16.5. The predicted molar refractivity (Wildman–Crippen MR) is 120 cm³/mol. The summed E-state index contributed by atoms with van der Waals surface area (Å²) in [6.45, 7) is 4.12. The average molecular weight is 421 g/mol. The number of piperazine rings is 1. The van der Waals surface area contributed by atoms with Crippen LogP contribution in [0.5, 0.6) is 0 Å². The van der Waals surface area contributed by atoms with Crippen molar-refractivity contribution in [2.45, 2.75) is 6.54 Å². The SMILES string of the molecule is Fc1ccccc1N1CCN(Cc2c(-c3ccc(Cl)cc3)nc3ccccn23)CC1. The van der Waals surface area contributed by atoms with Crippen molar-refractivity contribution in [3.8, 4) is 11.3 Å². The summed E-state index contributed by atoms with van der Waals surface area (Å²) in [5.41, 5.74) is 4.82. The van der Waals surface area contributed by atoms with Crippen molar-refractivity contribution in [1.82, 2.24) is 14.3 Å². The minimum absolute atomic E-state index is 0.155. The summed E-state index contributed by atoms with van der Waals surface area (Å²) in [5.74, 6) is -0.155. The molecule has 30 heavy (non-hydrogen) atoms. The summed E-state index contributed by atoms with van der Waals surface area (Å²) in [6, 6.07) is 20.9. The minimum Gasteiger partial charge on any atom is -0.367 e. The molecule has 4 aromatic rings. The van der Waals surface area contributed by atoms with Gasteiger partial charge >= 0.3 is 0 Å². The number of halogens is 2. The smallest absolute Gasteiger partial charge is 0.146 e. The number of benzene rings is 2. The van der Waals surface area contributed by atoms with Crippen LogP contribution in [-0.4, -0.2) is 40.5 Å². The molecule has 0 atom stereocenters. The first-order valence-electron chi connectivity index (χ1n) is 10.1. The summed E-state index contributed by atoms with van der Waals surface area (Å²) in [4.78, 5) is 9.42. The van der Waals surface area contributed by atoms with Crippen molar-refractivity contribution in [2.75, 3.05) is 31.1 Å². The monoisotopic (exact) mass is 420 g/mol. The maximum atomic E-state index is 14.1. The third kappa shape index (κ3) is 3.66. The highest BCUT2D eigenvalue weighted by Crippen LogP contribution is 2.28. The summed E-state index contributed by atoms with van der Waals surface area (Å²) in [5, 5.41) is 0.716. The van der Waals surface area contributed by atoms with E-state index in [-0.39, 0.29) is 5.82 Å². The topological polar surface area (TPSA) is 23.8 Å². The molecular formula is C24H22ClFN4. The number of hydrogen-bond donors (Lipinski definition) is 0. The van der Waals surface area contributed by atoms with E-state index < -0.39 is 0 Å². The Balaban J connectivity index is 1.40. The Morgan fingerprint density at radius 2 is 1.60 bits per heavy atom. The van der Waals surface area contributed by atoms with Crippen LogP contribution in [0.2, 0.25) is 5.02 Å². The number of nitrogens with zero attached hydrogens (tertiary/aromatic N) is 4. The lowest BCUT2D eigenvalue weighted by Crippen LogP contribution is -2.46. The molecule has 2 aromatic carbocycles. The highest BCUT2D eigenvalue weighted by atomic mass is 35.5. The molecule has 0 saturated carbocycles. The van der Waals surface area contributed by atoms with Gasteiger partial charge in [-0.3, -0.25) is 4.90 Å². The third-order valence-corrected chi connectivity index (χ3v) is 5.94. The van der Waals surface area contributed by atoms with Crippen molar-refractivity contribution >= 4 is 22.9 Å². The number of fused-ring (bicyclic) bond motifs is 1. The first kappa shape index (κ1) is 19.1. The van der Waals surface area contributed by atoms with E-state index in [9.17, 15) is 4.39 Å². The minimum atomic E-state index is -0.155. The maximum Gasteiger partial charge on any atom is 0.146 e. The molecule has 152 valence electrons. The highest BCUT2D eigenvalue weighted by Gasteiger charge is 2.22. The van der Waals surface area contributed by atoms with Gasteiger partial charge in [-0.2, -0.15) is 0 Å². The van der Waals surface area contributed by atoms with E-state index >= 15 is 0 Å². The Kier molecular flexibility index (Phi) is 5.15. The van der Waals surface area contributed by atoms with Gasteiger partial charge in [-0.25, -0.2) is 9.37 Å². The van der Waals surface area contributed by atoms with Crippen LogP contribution in [0.25, 0.3) is 16.9 Å². The van der Waals surface area contributed by atoms with Crippen LogP contribution in [0.3, 0.4) is 0 Å². The van der Waals surface area contributed by atoms with E-state index in [1.807, 2.05) is 54.6 Å². The van der Waals surface area contributed by atoms with E-state index in [2.05, 4.69) is 20.4 Å². The van der Waals surface area contributed by atoms with Gasteiger partial charge in [-0.05, 0) is 36.4 Å². The fraction of sp³-hybridized carbons (Fsp3) is 0.208. The van der Waals surface area contributed by atoms with E-state index in [1.54, 1.807) is 6.07 Å². The molecule has 1 aliphatic heterocycles. The molecule has 1 aliphatic rings. The molecule has 5 rings (SSSR count). The first-order chi connectivity index (χ1) is 14.7. The second-order valence-corrected chi connectivity index (χ2v) is 7.99. The first-order valence-corrected chi connectivity index (χ1v) is 10.5. The van der Waals surface area contributed by atoms with Gasteiger partial charge in [0.05, 0.1) is 17.1 Å². The van der Waals surface area contributed by atoms with E-state index in [0.29, 0.717) is 10.7 Å². The Labute approximate surface area is 180 Å². The summed E-state index contributed by atoms with van der Waals surface area (Å²) >= 11 is 6.08. The Morgan fingerprint density at radius 1 is 0.867 bits per heavy atom. The van der Waals surface area contributed by atoms with Gasteiger partial charge in [-0.1, -0.05) is 41.9 Å². The number of rotatable bonds is 4. The van der Waals surface area contributed by atoms with E-state index in [1.165, 1.54) is 6.07 Å². The molecule has 4 nitrogen and oxygen atoms in total. The zero-order valence-corrected chi connectivity index (χ0v) is 17.3. The van der Waals surface area contributed by atoms with Gasteiger partial charge in [0.1, 0.15) is 11.5 Å². The lowest BCUT2D eigenvalue weighted by molar-refractivity contribution is 0.246. The number of para-hydroxylation sites is 1. The molecule has 0 spiro atoms. The summed E-state index contributed by atoms with van der Waals surface area (Å²) in [7, 11) is 0. The molecule has 1 saturated heterocycles. The third-order valence-electron chi connectivity index (χ3n) is 5.69. The number of imidazole rings is 1. The Morgan fingerprint density at radius 3 is 2.37 bits per heavy atom. The molecule has 0 radical (unpaired) electrons. The van der Waals surface area contributed by atoms with Crippen molar-refractivity contribution in [2.24, 2.45) is 0 Å². The average Bonchev–Trinajstić information content (AvgIpc) is 3.14. The van der Waals surface area contributed by atoms with Gasteiger partial charge in [0.25, 0.3) is 0 Å². The lowest BCUT2D eigenvalue weighted by Gasteiger charge is -2.36. The highest BCUT2D eigenvalue weighted by molar-refractivity contribution is 6.30. The second-order valence-electron chi connectivity index (χ2n) is 7.56. The molecule has 0 unspecified atom stereocenters. The Hall–Kier alpha value is -2.89. The van der Waals surface area contributed by atoms with Gasteiger partial charge in [0.15, 0.2) is 0 Å². The van der Waals surface area contributed by atoms with Crippen molar-refractivity contribution in [3.63, 3.8) is 0 Å². The van der Waals surface area contributed by atoms with Crippen LogP contribution < -0.4 is 4.90 Å². The van der Waals surface area contributed by atoms with Crippen LogP contribution in [-0.2, 0) is 6.54 Å². The van der Waals surface area contributed by atoms with Crippen LogP contribution in [0.1, 0.15) is 5.69 Å². The molecule has 2 aromatic heterocycles. The van der Waals surface area contributed by atoms with Crippen LogP contribution >= 0.6 is 11.6 Å². The molecule has 0 amide bonds. The number of pyridine rings is 1. The molecule has 0 N–H and O–H groups in total. The Bertz CT molecular complexity index is 1160. The standard InChI is InChI=1S/C24H22ClFN4/c25-19-10-8-18(9-11-19)24-22(30-12-4-3-7-23(30)27-24)17-28-13-15-29(16-14-28)21-6-2-1-5-20(21)26/h1-12H,13-17H2. The number of aromatic nitrogens is 2. The lowest BCUT2D eigenvalue weighted by atomic mass is 10.1. The largest absolute Gasteiger partial charge is 0.367 e. The molecular weight excluding hydrogens is 399 g/mol. The molecule has 6 heteroatoms. The molecule has 3 heterocycles. The van der Waals surface area contributed by atoms with Crippen molar-refractivity contribution in [3.05, 3.63) is 89.5 Å². The van der Waals surface area contributed by atoms with Crippen LogP contribution in [0.4, 0.5) is 10.1 Å². The van der Waals surface area contributed by atoms with Gasteiger partial charge in [0.2, 0.25) is 0 Å². The van der Waals surface area contributed by atoms with Crippen LogP contribution in [0.15, 0.2) is 72.9 Å². The normalized spacial score (nSPS) is 15.1. The fourth-order valence-corrected chi connectivity index (χ4v) is 4.23. The van der Waals surface area contributed by atoms with Crippen molar-refractivity contribution in [1.29, 1.82) is 0 Å². The predicted octanol–water partition coefficient (Wildman–Crippen LogP) is 5.12.